The number of rotatable bonds is 4. The van der Waals surface area contributed by atoms with Crippen molar-refractivity contribution >= 4 is 48.1 Å². The highest BCUT2D eigenvalue weighted by Crippen LogP contribution is 2.14. The third-order valence-corrected chi connectivity index (χ3v) is 4.62. The van der Waals surface area contributed by atoms with Gasteiger partial charge in [-0.25, -0.2) is 4.83 Å². The largest absolute Gasteiger partial charge is 0.276 e. The fourth-order valence-electron chi connectivity index (χ4n) is 1.42. The highest BCUT2D eigenvalue weighted by molar-refractivity contribution is 9.10. The molecule has 0 unspecified atom stereocenters. The van der Waals surface area contributed by atoms with Crippen molar-refractivity contribution in [1.82, 2.24) is 4.83 Å². The van der Waals surface area contributed by atoms with Crippen LogP contribution in [0.4, 0.5) is 0 Å². The lowest BCUT2D eigenvalue weighted by molar-refractivity contribution is 0.584. The fraction of sp³-hybridized carbons (Fsp3) is 0. The molecule has 20 heavy (non-hydrogen) atoms. The normalized spacial score (nSPS) is 11.7. The molecule has 0 bridgehead atoms. The summed E-state index contributed by atoms with van der Waals surface area (Å²) in [6, 6.07) is 13.7. The van der Waals surface area contributed by atoms with Crippen LogP contribution in [0.25, 0.3) is 0 Å². The summed E-state index contributed by atoms with van der Waals surface area (Å²) >= 11 is 6.59. The maximum absolute atomic E-state index is 12.0. The fourth-order valence-corrected chi connectivity index (χ4v) is 2.90. The quantitative estimate of drug-likeness (QED) is 0.611. The maximum Gasteiger partial charge on any atom is 0.276 e. The number of nitrogens with zero attached hydrogens (tertiary/aromatic N) is 1. The Bertz CT molecular complexity index is 728. The van der Waals surface area contributed by atoms with E-state index in [-0.39, 0.29) is 4.90 Å². The number of sulfonamides is 1. The van der Waals surface area contributed by atoms with Crippen molar-refractivity contribution in [2.45, 2.75) is 4.90 Å². The third kappa shape index (κ3) is 4.16. The summed E-state index contributed by atoms with van der Waals surface area (Å²) in [6.45, 7) is 0. The number of hydrogen-bond donors (Lipinski definition) is 1. The Kier molecular flexibility index (Phi) is 4.95. The molecule has 0 aliphatic heterocycles. The summed E-state index contributed by atoms with van der Waals surface area (Å²) in [5.41, 5.74) is 0.790. The molecule has 4 nitrogen and oxygen atoms in total. The average molecular weight is 418 g/mol. The SMILES string of the molecule is O=S(=O)(N/N=C/c1cccc(Br)c1)c1ccc(Br)cc1. The molecule has 0 heterocycles. The lowest BCUT2D eigenvalue weighted by Gasteiger charge is -2.03. The van der Waals surface area contributed by atoms with E-state index in [0.29, 0.717) is 0 Å². The minimum atomic E-state index is -3.64. The lowest BCUT2D eigenvalue weighted by atomic mass is 10.2. The van der Waals surface area contributed by atoms with Gasteiger partial charge in [0.1, 0.15) is 0 Å². The van der Waals surface area contributed by atoms with Crippen molar-refractivity contribution in [1.29, 1.82) is 0 Å². The van der Waals surface area contributed by atoms with E-state index in [1.807, 2.05) is 24.3 Å². The van der Waals surface area contributed by atoms with Crippen LogP contribution in [0.3, 0.4) is 0 Å². The molecule has 2 aromatic carbocycles. The van der Waals surface area contributed by atoms with Gasteiger partial charge in [0.05, 0.1) is 11.1 Å². The number of hydrazone groups is 1. The lowest BCUT2D eigenvalue weighted by Crippen LogP contribution is -2.18. The smallest absolute Gasteiger partial charge is 0.200 e. The maximum atomic E-state index is 12.0. The molecule has 0 aliphatic carbocycles. The molecular weight excluding hydrogens is 408 g/mol. The van der Waals surface area contributed by atoms with Crippen LogP contribution in [0, 0.1) is 0 Å². The van der Waals surface area contributed by atoms with E-state index >= 15 is 0 Å². The van der Waals surface area contributed by atoms with Crippen LogP contribution in [0.15, 0.2) is 67.5 Å². The topological polar surface area (TPSA) is 58.5 Å². The van der Waals surface area contributed by atoms with Gasteiger partial charge in [0.2, 0.25) is 0 Å². The third-order valence-electron chi connectivity index (χ3n) is 2.36. The van der Waals surface area contributed by atoms with Gasteiger partial charge in [0, 0.05) is 8.95 Å². The second-order valence-electron chi connectivity index (χ2n) is 3.86. The summed E-state index contributed by atoms with van der Waals surface area (Å²) in [5.74, 6) is 0. The Labute approximate surface area is 134 Å². The standard InChI is InChI=1S/C13H10Br2N2O2S/c14-11-4-6-13(7-5-11)20(18,19)17-16-9-10-2-1-3-12(15)8-10/h1-9,17H/b16-9+. The van der Waals surface area contributed by atoms with Crippen molar-refractivity contribution in [3.05, 3.63) is 63.0 Å². The second kappa shape index (κ2) is 6.51. The first kappa shape index (κ1) is 15.2. The molecule has 0 aromatic heterocycles. The van der Waals surface area contributed by atoms with Gasteiger partial charge in [0.25, 0.3) is 10.0 Å². The predicted molar refractivity (Wildman–Crippen MR) is 86.2 cm³/mol. The molecule has 7 heteroatoms. The number of benzene rings is 2. The molecule has 0 amide bonds. The summed E-state index contributed by atoms with van der Waals surface area (Å²) in [6.07, 6.45) is 1.45. The van der Waals surface area contributed by atoms with Crippen molar-refractivity contribution in [2.24, 2.45) is 5.10 Å². The first-order valence-electron chi connectivity index (χ1n) is 5.53. The Balaban J connectivity index is 2.11. The Morgan fingerprint density at radius 3 is 2.35 bits per heavy atom. The van der Waals surface area contributed by atoms with E-state index in [2.05, 4.69) is 41.8 Å². The van der Waals surface area contributed by atoms with Crippen LogP contribution < -0.4 is 4.83 Å². The van der Waals surface area contributed by atoms with Gasteiger partial charge in [-0.2, -0.15) is 13.5 Å². The summed E-state index contributed by atoms with van der Waals surface area (Å²) in [4.78, 5) is 2.33. The van der Waals surface area contributed by atoms with Gasteiger partial charge in [-0.3, -0.25) is 0 Å². The van der Waals surface area contributed by atoms with Crippen molar-refractivity contribution in [2.75, 3.05) is 0 Å². The molecular formula is C13H10Br2N2O2S. The Hall–Kier alpha value is -1.18. The molecule has 104 valence electrons. The zero-order valence-electron chi connectivity index (χ0n) is 10.1. The van der Waals surface area contributed by atoms with Crippen molar-refractivity contribution in [3.63, 3.8) is 0 Å². The molecule has 2 aromatic rings. The molecule has 1 N–H and O–H groups in total. The number of nitrogens with one attached hydrogen (secondary N) is 1. The van der Waals surface area contributed by atoms with E-state index in [0.717, 1.165) is 14.5 Å². The minimum Gasteiger partial charge on any atom is -0.200 e. The monoisotopic (exact) mass is 416 g/mol. The van der Waals surface area contributed by atoms with Crippen LogP contribution in [-0.4, -0.2) is 14.6 Å². The summed E-state index contributed by atoms with van der Waals surface area (Å²) in [7, 11) is -3.64. The Morgan fingerprint density at radius 1 is 1.00 bits per heavy atom. The average Bonchev–Trinajstić information content (AvgIpc) is 2.39. The highest BCUT2D eigenvalue weighted by Gasteiger charge is 2.11. The number of halogens is 2. The Morgan fingerprint density at radius 2 is 1.70 bits per heavy atom. The van der Waals surface area contributed by atoms with Gasteiger partial charge < -0.3 is 0 Å². The van der Waals surface area contributed by atoms with E-state index in [4.69, 9.17) is 0 Å². The summed E-state index contributed by atoms with van der Waals surface area (Å²) < 4.78 is 25.6. The van der Waals surface area contributed by atoms with Gasteiger partial charge >= 0.3 is 0 Å². The molecule has 0 saturated carbocycles. The van der Waals surface area contributed by atoms with E-state index in [1.54, 1.807) is 12.1 Å². The molecule has 0 radical (unpaired) electrons. The highest BCUT2D eigenvalue weighted by atomic mass is 79.9. The predicted octanol–water partition coefficient (Wildman–Crippen LogP) is 3.52. The minimum absolute atomic E-state index is 0.159. The van der Waals surface area contributed by atoms with Gasteiger partial charge in [-0.15, -0.1) is 0 Å². The van der Waals surface area contributed by atoms with Crippen LogP contribution in [0.1, 0.15) is 5.56 Å². The molecule has 0 spiro atoms. The summed E-state index contributed by atoms with van der Waals surface area (Å²) in [5, 5.41) is 3.76. The van der Waals surface area contributed by atoms with Gasteiger partial charge in [0.15, 0.2) is 0 Å². The van der Waals surface area contributed by atoms with Crippen LogP contribution >= 0.6 is 31.9 Å². The van der Waals surface area contributed by atoms with Gasteiger partial charge in [-0.1, -0.05) is 44.0 Å². The van der Waals surface area contributed by atoms with Crippen molar-refractivity contribution < 1.29 is 8.42 Å². The molecule has 0 saturated heterocycles. The first-order valence-corrected chi connectivity index (χ1v) is 8.60. The first-order chi connectivity index (χ1) is 9.47. The number of hydrogen-bond acceptors (Lipinski definition) is 3. The molecule has 0 atom stereocenters. The van der Waals surface area contributed by atoms with E-state index in [9.17, 15) is 8.42 Å². The molecule has 0 aliphatic rings. The van der Waals surface area contributed by atoms with E-state index < -0.39 is 10.0 Å². The van der Waals surface area contributed by atoms with E-state index in [1.165, 1.54) is 18.3 Å². The van der Waals surface area contributed by atoms with Crippen LogP contribution in [0.2, 0.25) is 0 Å². The van der Waals surface area contributed by atoms with Gasteiger partial charge in [-0.05, 0) is 42.0 Å². The molecule has 0 fully saturated rings. The molecule has 2 rings (SSSR count). The van der Waals surface area contributed by atoms with Crippen molar-refractivity contribution in [3.8, 4) is 0 Å². The zero-order valence-corrected chi connectivity index (χ0v) is 14.1. The second-order valence-corrected chi connectivity index (χ2v) is 7.35. The van der Waals surface area contributed by atoms with Crippen LogP contribution in [-0.2, 0) is 10.0 Å². The van der Waals surface area contributed by atoms with Crippen LogP contribution in [0.5, 0.6) is 0 Å². The zero-order chi connectivity index (χ0) is 14.6.